The summed E-state index contributed by atoms with van der Waals surface area (Å²) in [6, 6.07) is 42.0. The zero-order chi connectivity index (χ0) is 67.8. The van der Waals surface area contributed by atoms with E-state index < -0.39 is 23.4 Å². The minimum atomic E-state index is -3.11. The summed E-state index contributed by atoms with van der Waals surface area (Å²) in [7, 11) is 1.04. The Morgan fingerprint density at radius 1 is 0.582 bits per heavy atom. The maximum Gasteiger partial charge on any atom is 0.364 e. The number of carbonyl (C=O) groups is 4. The number of ether oxygens (including phenoxy) is 10. The number of amides is 2. The van der Waals surface area contributed by atoms with Crippen molar-refractivity contribution >= 4 is 29.9 Å². The van der Waals surface area contributed by atoms with Crippen molar-refractivity contribution < 1.29 is 137 Å². The molecule has 0 spiro atoms. The number of epoxide rings is 5. The van der Waals surface area contributed by atoms with Gasteiger partial charge < -0.3 is 80.6 Å². The van der Waals surface area contributed by atoms with Gasteiger partial charge in [0, 0.05) is 110 Å². The van der Waals surface area contributed by atoms with Crippen LogP contribution in [0.25, 0.3) is 5.73 Å². The number of nitrogens with zero attached hydrogens (tertiary/aromatic N) is 1. The largest absolute Gasteiger partial charge is 0.663 e. The van der Waals surface area contributed by atoms with Gasteiger partial charge in [-0.3, -0.25) is 9.59 Å². The molecule has 10 unspecified atom stereocenters. The number of carbonyl (C=O) groups excluding carboxylic acids is 3. The summed E-state index contributed by atoms with van der Waals surface area (Å²) in [6.07, 6.45) is 9.88. The third-order valence-electron chi connectivity index (χ3n) is 18.5. The maximum atomic E-state index is 11.0. The van der Waals surface area contributed by atoms with Crippen LogP contribution in [0.3, 0.4) is 0 Å². The van der Waals surface area contributed by atoms with Crippen molar-refractivity contribution in [1.29, 1.82) is 0 Å². The number of likely N-dealkylation sites (N-methyl/N-ethyl adjacent to an activating group) is 1. The molecule has 5 aliphatic heterocycles. The fraction of sp³-hybridized carbons (Fsp3) is 0.551. The predicted octanol–water partition coefficient (Wildman–Crippen LogP) is 14.1. The number of nitrogens with one attached hydrogen (secondary N) is 2. The van der Waals surface area contributed by atoms with Crippen LogP contribution in [-0.4, -0.2) is 152 Å². The number of hydrogen-bond acceptors (Lipinski definition) is 15. The fourth-order valence-electron chi connectivity index (χ4n) is 11.7. The molecule has 536 valence electrons. The molecule has 2 amide bonds. The van der Waals surface area contributed by atoms with E-state index in [1.165, 1.54) is 77.6 Å². The smallest absolute Gasteiger partial charge is 0.364 e. The second-order valence-electron chi connectivity index (χ2n) is 26.8. The molecule has 5 aromatic rings. The molecule has 5 heterocycles. The second-order valence-corrected chi connectivity index (χ2v) is 26.8. The second kappa shape index (κ2) is 44.0. The van der Waals surface area contributed by atoms with Crippen LogP contribution in [0.1, 0.15) is 121 Å². The zero-order valence-corrected chi connectivity index (χ0v) is 65.1. The number of aliphatic carboxylic acids is 1. The normalized spacial score (nSPS) is 23.6. The molecule has 2 aliphatic carbocycles. The number of benzene rings is 5. The summed E-state index contributed by atoms with van der Waals surface area (Å²) >= 11 is 0. The van der Waals surface area contributed by atoms with Gasteiger partial charge in [0.2, 0.25) is 0 Å². The van der Waals surface area contributed by atoms with Crippen LogP contribution >= 0.6 is 0 Å². The molecular weight excluding hydrogens is 1400 g/mol. The van der Waals surface area contributed by atoms with E-state index in [0.717, 1.165) is 132 Å². The van der Waals surface area contributed by atoms with Gasteiger partial charge in [0.15, 0.2) is 0 Å². The Balaban J connectivity index is 0.000000307. The molecule has 7 fully saturated rings. The molecule has 12 rings (SSSR count). The molecule has 5 saturated heterocycles. The Bertz CT molecular complexity index is 2910. The van der Waals surface area contributed by atoms with Gasteiger partial charge in [0.05, 0.1) is 58.5 Å². The minimum Gasteiger partial charge on any atom is -0.663 e. The van der Waals surface area contributed by atoms with E-state index in [4.69, 9.17) is 53.5 Å². The number of carboxylic acids is 1. The average Bonchev–Trinajstić information content (AvgIpc) is 1.84. The summed E-state index contributed by atoms with van der Waals surface area (Å²) in [5.41, 5.74) is 12.6. The van der Waals surface area contributed by atoms with Crippen molar-refractivity contribution in [3.8, 4) is 17.2 Å². The van der Waals surface area contributed by atoms with E-state index in [1.54, 1.807) is 0 Å². The topological polar surface area (TPSA) is 236 Å². The quantitative estimate of drug-likeness (QED) is 0.0227. The van der Waals surface area contributed by atoms with Gasteiger partial charge in [-0.15, -0.1) is 0 Å². The van der Waals surface area contributed by atoms with E-state index in [0.29, 0.717) is 37.1 Å². The Labute approximate surface area is 635 Å². The first-order valence-electron chi connectivity index (χ1n) is 33.6. The summed E-state index contributed by atoms with van der Waals surface area (Å²) in [5, 5.41) is 10.4. The summed E-state index contributed by atoms with van der Waals surface area (Å²) in [4.78, 5) is 44.5. The summed E-state index contributed by atoms with van der Waals surface area (Å²) in [6.45, 7) is 32.5. The molecular formula is C78H111N3O15Y2-2. The number of aryl methyl sites for hydroxylation is 4. The number of carboxylic acid groups (broad SMARTS) is 1. The van der Waals surface area contributed by atoms with E-state index >= 15 is 0 Å². The van der Waals surface area contributed by atoms with Crippen molar-refractivity contribution in [2.24, 2.45) is 35.5 Å². The summed E-state index contributed by atoms with van der Waals surface area (Å²) < 4.78 is 52.7. The van der Waals surface area contributed by atoms with Crippen LogP contribution in [0.4, 0.5) is 5.69 Å². The van der Waals surface area contributed by atoms with Gasteiger partial charge in [-0.05, 0) is 155 Å². The van der Waals surface area contributed by atoms with E-state index in [2.05, 4.69) is 140 Å². The van der Waals surface area contributed by atoms with Crippen molar-refractivity contribution in [1.82, 2.24) is 5.32 Å². The molecule has 0 aromatic heterocycles. The minimum absolute atomic E-state index is 0. The first-order valence-corrected chi connectivity index (χ1v) is 33.6. The zero-order valence-electron chi connectivity index (χ0n) is 59.5. The average molecular weight is 1510 g/mol. The molecule has 5 aromatic carbocycles. The van der Waals surface area contributed by atoms with Crippen LogP contribution < -0.4 is 19.7 Å². The molecule has 18 nitrogen and oxygen atoms in total. The standard InChI is InChI=1S/C17H20.C15H19NO4.C14H24O4.C14H14O.C10H20.C6H8N2O6.CH4.CH3.2Y/c1-13-5-9-15(10-6-13)17(3,4)16-11-7-14(2)8-12-16;1-3-12(17-9-15-10-20-15)4-2-11(1)16(5-13-7-18-13)6-14-8-19-14;1-2-12(6-16-8-14-10-18-14)4-3-11(1)5-15-7-13-9-17-13;1-11-3-7-13(8-4-11)15-14-9-5-12(2)6-10-14;1-5-10-8(3)6-7(2)9(10)4;1-8-4(11)6(3(7)10,5(12)13)14-2-9;;;;/h5-12H,1-4H3;1-4,13-15H,5-10H2;11-14H,1-10H2;3-10H,1-2H3;7-10H,5-6H2,1-4H3;2H,1H3,(H4,7,8,10,11,12,13);1H4;1H3;;/q;;;;;;;-1;;/p-1. The Morgan fingerprint density at radius 3 is 1.26 bits per heavy atom. The first-order chi connectivity index (χ1) is 45.1. The first kappa shape index (κ1) is 87.5. The third kappa shape index (κ3) is 30.1. The van der Waals surface area contributed by atoms with Gasteiger partial charge in [0.25, 0.3) is 12.4 Å². The number of rotatable bonds is 26. The van der Waals surface area contributed by atoms with Crippen LogP contribution in [0, 0.1) is 70.6 Å². The molecule has 10 atom stereocenters. The van der Waals surface area contributed by atoms with Gasteiger partial charge in [-0.25, -0.2) is 4.79 Å². The Hall–Kier alpha value is -4.69. The number of anilines is 1. The molecule has 2 radical (unpaired) electrons. The molecule has 2 saturated carbocycles. The molecule has 3 N–H and O–H groups in total. The summed E-state index contributed by atoms with van der Waals surface area (Å²) in [5.74, 6) is 2.85. The predicted molar refractivity (Wildman–Crippen MR) is 377 cm³/mol. The van der Waals surface area contributed by atoms with Crippen molar-refractivity contribution in [3.63, 3.8) is 0 Å². The Kier molecular flexibility index (Phi) is 39.3. The van der Waals surface area contributed by atoms with Crippen LogP contribution in [0.5, 0.6) is 17.2 Å². The SMILES string of the molecule is C.C1CC(COCC2CO2)CCC1COCC1CO1.CCC1C(C)CC(C)C1C.CNC(=O)C(OC=O)(C([NH-])=O)C(=O)O.Cc1ccc(C(C)(C)c2ccc(C)cc2)cc1.Cc1ccc(Oc2ccc(C)cc2)cc1.[CH3-].[Y].[Y].c1cc(N(CC2CO2)CC2CO2)ccc1OCC1CO1. The monoisotopic (exact) mass is 1510 g/mol. The third-order valence-corrected chi connectivity index (χ3v) is 18.5. The van der Waals surface area contributed by atoms with Crippen LogP contribution in [0.2, 0.25) is 0 Å². The van der Waals surface area contributed by atoms with Crippen molar-refractivity contribution in [2.45, 2.75) is 157 Å². The molecule has 0 bridgehead atoms. The van der Waals surface area contributed by atoms with Crippen molar-refractivity contribution in [3.05, 3.63) is 168 Å². The van der Waals surface area contributed by atoms with Crippen molar-refractivity contribution in [2.75, 3.05) is 91.1 Å². The Morgan fingerprint density at radius 2 is 0.949 bits per heavy atom. The van der Waals surface area contributed by atoms with E-state index in [9.17, 15) is 19.2 Å². The maximum absolute atomic E-state index is 11.0. The van der Waals surface area contributed by atoms with Gasteiger partial charge in [-0.2, -0.15) is 0 Å². The van der Waals surface area contributed by atoms with E-state index in [1.807, 2.05) is 66.0 Å². The molecule has 98 heavy (non-hydrogen) atoms. The molecule has 20 heteroatoms. The molecule has 7 aliphatic rings. The van der Waals surface area contributed by atoms with Gasteiger partial charge in [-0.1, -0.05) is 150 Å². The number of hydrogen-bond donors (Lipinski definition) is 2. The van der Waals surface area contributed by atoms with Crippen LogP contribution in [-0.2, 0) is 128 Å². The van der Waals surface area contributed by atoms with Crippen LogP contribution in [0.15, 0.2) is 121 Å². The van der Waals surface area contributed by atoms with Gasteiger partial charge in [0.1, 0.15) is 48.1 Å². The van der Waals surface area contributed by atoms with E-state index in [-0.39, 0.29) is 92.2 Å². The fourth-order valence-corrected chi connectivity index (χ4v) is 11.7. The van der Waals surface area contributed by atoms with Gasteiger partial charge >= 0.3 is 11.6 Å².